The van der Waals surface area contributed by atoms with Crippen LogP contribution >= 0.6 is 0 Å². The topological polar surface area (TPSA) is 71.0 Å². The number of rotatable bonds is 8. The lowest BCUT2D eigenvalue weighted by Crippen LogP contribution is -2.51. The first kappa shape index (κ1) is 20.4. The first-order chi connectivity index (χ1) is 14.7. The summed E-state index contributed by atoms with van der Waals surface area (Å²) in [6, 6.07) is 8.09. The third-order valence-electron chi connectivity index (χ3n) is 5.73. The lowest BCUT2D eigenvalue weighted by atomic mass is 10.1. The minimum absolute atomic E-state index is 0.178. The van der Waals surface area contributed by atoms with Gasteiger partial charge in [-0.3, -0.25) is 9.69 Å². The van der Waals surface area contributed by atoms with E-state index in [0.717, 1.165) is 48.9 Å². The molecule has 0 atom stereocenters. The van der Waals surface area contributed by atoms with E-state index >= 15 is 0 Å². The average Bonchev–Trinajstić information content (AvgIpc) is 3.64. The summed E-state index contributed by atoms with van der Waals surface area (Å²) in [5.74, 6) is 2.53. The second kappa shape index (κ2) is 9.30. The summed E-state index contributed by atoms with van der Waals surface area (Å²) in [6.45, 7) is 3.99. The molecule has 1 aromatic carbocycles. The fourth-order valence-electron chi connectivity index (χ4n) is 3.86. The Hall–Kier alpha value is -2.87. The second-order valence-electron chi connectivity index (χ2n) is 7.73. The molecule has 0 radical (unpaired) electrons. The Morgan fingerprint density at radius 2 is 1.83 bits per heavy atom. The summed E-state index contributed by atoms with van der Waals surface area (Å²) in [5, 5.41) is 0. The zero-order chi connectivity index (χ0) is 20.9. The number of methoxy groups -OCH3 is 2. The van der Waals surface area contributed by atoms with Crippen molar-refractivity contribution in [2.24, 2.45) is 0 Å². The molecule has 1 saturated carbocycles. The summed E-state index contributed by atoms with van der Waals surface area (Å²) < 4.78 is 10.9. The van der Waals surface area contributed by atoms with E-state index in [4.69, 9.17) is 9.47 Å². The number of ether oxygens (including phenoxy) is 2. The highest BCUT2D eigenvalue weighted by atomic mass is 16.5. The van der Waals surface area contributed by atoms with Gasteiger partial charge in [0, 0.05) is 56.7 Å². The van der Waals surface area contributed by atoms with Gasteiger partial charge in [0.05, 0.1) is 20.8 Å². The number of hydrogen-bond acceptors (Lipinski definition) is 7. The molecule has 8 heteroatoms. The van der Waals surface area contributed by atoms with Crippen LogP contribution in [0.4, 0.5) is 5.95 Å². The van der Waals surface area contributed by atoms with Gasteiger partial charge in [-0.1, -0.05) is 0 Å². The van der Waals surface area contributed by atoms with Crippen molar-refractivity contribution in [1.29, 1.82) is 0 Å². The Kier molecular flexibility index (Phi) is 6.32. The number of benzene rings is 1. The minimum atomic E-state index is 0.178. The molecule has 1 aliphatic heterocycles. The van der Waals surface area contributed by atoms with E-state index in [-0.39, 0.29) is 5.91 Å². The highest BCUT2D eigenvalue weighted by Gasteiger charge is 2.33. The molecule has 2 aromatic rings. The zero-order valence-corrected chi connectivity index (χ0v) is 17.7. The van der Waals surface area contributed by atoms with Crippen LogP contribution in [0.25, 0.3) is 0 Å². The van der Waals surface area contributed by atoms with Gasteiger partial charge in [0.25, 0.3) is 0 Å². The summed E-state index contributed by atoms with van der Waals surface area (Å²) in [4.78, 5) is 28.0. The van der Waals surface area contributed by atoms with Crippen molar-refractivity contribution in [1.82, 2.24) is 19.8 Å². The number of anilines is 1. The van der Waals surface area contributed by atoms with Gasteiger partial charge in [0.15, 0.2) is 0 Å². The van der Waals surface area contributed by atoms with Crippen LogP contribution in [0.1, 0.15) is 18.4 Å². The van der Waals surface area contributed by atoms with E-state index in [0.29, 0.717) is 32.2 Å². The quantitative estimate of drug-likeness (QED) is 0.656. The van der Waals surface area contributed by atoms with Crippen molar-refractivity contribution in [2.75, 3.05) is 51.8 Å². The predicted molar refractivity (Wildman–Crippen MR) is 114 cm³/mol. The lowest BCUT2D eigenvalue weighted by molar-refractivity contribution is -0.133. The Morgan fingerprint density at radius 3 is 2.47 bits per heavy atom. The smallest absolute Gasteiger partial charge is 0.236 e. The number of carbonyl (C=O) groups is 1. The first-order valence-electron chi connectivity index (χ1n) is 10.4. The molecule has 2 heterocycles. The van der Waals surface area contributed by atoms with Crippen LogP contribution in [-0.4, -0.2) is 78.7 Å². The summed E-state index contributed by atoms with van der Waals surface area (Å²) in [7, 11) is 3.34. The maximum Gasteiger partial charge on any atom is 0.236 e. The predicted octanol–water partition coefficient (Wildman–Crippen LogP) is 1.81. The van der Waals surface area contributed by atoms with E-state index in [9.17, 15) is 4.79 Å². The van der Waals surface area contributed by atoms with Gasteiger partial charge in [-0.2, -0.15) is 0 Å². The number of nitrogens with zero attached hydrogens (tertiary/aromatic N) is 5. The van der Waals surface area contributed by atoms with Gasteiger partial charge in [0.1, 0.15) is 11.5 Å². The number of aromatic nitrogens is 2. The fraction of sp³-hybridized carbons (Fsp3) is 0.500. The van der Waals surface area contributed by atoms with Crippen molar-refractivity contribution >= 4 is 11.9 Å². The zero-order valence-electron chi connectivity index (χ0n) is 17.7. The number of piperazine rings is 1. The maximum absolute atomic E-state index is 13.0. The highest BCUT2D eigenvalue weighted by Crippen LogP contribution is 2.32. The Balaban J connectivity index is 1.37. The number of amides is 1. The third kappa shape index (κ3) is 4.81. The van der Waals surface area contributed by atoms with E-state index < -0.39 is 0 Å². The van der Waals surface area contributed by atoms with E-state index in [1.807, 2.05) is 29.2 Å². The lowest BCUT2D eigenvalue weighted by Gasteiger charge is -2.36. The molecular weight excluding hydrogens is 382 g/mol. The number of hydrogen-bond donors (Lipinski definition) is 0. The first-order valence-corrected chi connectivity index (χ1v) is 10.4. The van der Waals surface area contributed by atoms with Gasteiger partial charge in [-0.25, -0.2) is 9.97 Å². The van der Waals surface area contributed by atoms with E-state index in [2.05, 4.69) is 19.8 Å². The summed E-state index contributed by atoms with van der Waals surface area (Å²) >= 11 is 0. The van der Waals surface area contributed by atoms with Crippen molar-refractivity contribution < 1.29 is 14.3 Å². The molecule has 160 valence electrons. The molecule has 4 rings (SSSR count). The van der Waals surface area contributed by atoms with Crippen molar-refractivity contribution in [3.8, 4) is 11.5 Å². The molecule has 2 aliphatic rings. The normalized spacial score (nSPS) is 16.6. The van der Waals surface area contributed by atoms with Crippen LogP contribution in [0.3, 0.4) is 0 Å². The number of carbonyl (C=O) groups excluding carboxylic acids is 1. The summed E-state index contributed by atoms with van der Waals surface area (Å²) in [6.07, 6.45) is 5.78. The molecule has 8 nitrogen and oxygen atoms in total. The van der Waals surface area contributed by atoms with Crippen LogP contribution in [0.2, 0.25) is 0 Å². The SMILES string of the molecule is COc1ccc(OC)c(CN(CC(=O)N2CCN(c3ncccn3)CC2)C2CC2)c1. The van der Waals surface area contributed by atoms with Crippen LogP contribution in [-0.2, 0) is 11.3 Å². The minimum Gasteiger partial charge on any atom is -0.497 e. The Morgan fingerprint density at radius 1 is 1.10 bits per heavy atom. The average molecular weight is 412 g/mol. The molecule has 0 unspecified atom stereocenters. The molecule has 1 amide bonds. The van der Waals surface area contributed by atoms with Crippen molar-refractivity contribution in [2.45, 2.75) is 25.4 Å². The highest BCUT2D eigenvalue weighted by molar-refractivity contribution is 5.78. The Labute approximate surface area is 177 Å². The standard InChI is InChI=1S/C22H29N5O3/c1-29-19-6-7-20(30-2)17(14-19)15-27(18-4-5-18)16-21(28)25-10-12-26(13-11-25)22-23-8-3-9-24-22/h3,6-9,14,18H,4-5,10-13,15-16H2,1-2H3. The fourth-order valence-corrected chi connectivity index (χ4v) is 3.86. The molecule has 0 N–H and O–H groups in total. The molecule has 30 heavy (non-hydrogen) atoms. The van der Waals surface area contributed by atoms with Crippen LogP contribution in [0.5, 0.6) is 11.5 Å². The largest absolute Gasteiger partial charge is 0.497 e. The monoisotopic (exact) mass is 411 g/mol. The maximum atomic E-state index is 13.0. The van der Waals surface area contributed by atoms with Gasteiger partial charge in [0.2, 0.25) is 11.9 Å². The van der Waals surface area contributed by atoms with Crippen LogP contribution in [0.15, 0.2) is 36.7 Å². The van der Waals surface area contributed by atoms with Gasteiger partial charge < -0.3 is 19.3 Å². The molecule has 1 aliphatic carbocycles. The van der Waals surface area contributed by atoms with E-state index in [1.165, 1.54) is 0 Å². The second-order valence-corrected chi connectivity index (χ2v) is 7.73. The van der Waals surface area contributed by atoms with Gasteiger partial charge in [-0.15, -0.1) is 0 Å². The van der Waals surface area contributed by atoms with Crippen molar-refractivity contribution in [3.05, 3.63) is 42.2 Å². The van der Waals surface area contributed by atoms with Crippen LogP contribution < -0.4 is 14.4 Å². The molecule has 1 saturated heterocycles. The van der Waals surface area contributed by atoms with E-state index in [1.54, 1.807) is 26.6 Å². The molecule has 0 bridgehead atoms. The third-order valence-corrected chi connectivity index (χ3v) is 5.73. The Bertz CT molecular complexity index is 851. The van der Waals surface area contributed by atoms with Crippen molar-refractivity contribution in [3.63, 3.8) is 0 Å². The van der Waals surface area contributed by atoms with Gasteiger partial charge in [-0.05, 0) is 37.1 Å². The van der Waals surface area contributed by atoms with Gasteiger partial charge >= 0.3 is 0 Å². The summed E-state index contributed by atoms with van der Waals surface area (Å²) in [5.41, 5.74) is 1.04. The molecule has 2 fully saturated rings. The molecule has 0 spiro atoms. The molecule has 1 aromatic heterocycles. The molecular formula is C22H29N5O3. The van der Waals surface area contributed by atoms with Crippen LogP contribution in [0, 0.1) is 0 Å².